The van der Waals surface area contributed by atoms with E-state index in [-0.39, 0.29) is 11.2 Å². The van der Waals surface area contributed by atoms with Crippen LogP contribution in [0.3, 0.4) is 0 Å². The second kappa shape index (κ2) is 7.48. The van der Waals surface area contributed by atoms with Crippen LogP contribution in [0, 0.1) is 6.92 Å². The average molecular weight is 379 g/mol. The Morgan fingerprint density at radius 3 is 2.81 bits per heavy atom. The highest BCUT2D eigenvalue weighted by Crippen LogP contribution is 2.44. The molecule has 0 saturated heterocycles. The van der Waals surface area contributed by atoms with Crippen LogP contribution in [0.2, 0.25) is 0 Å². The molecule has 5 nitrogen and oxygen atoms in total. The fourth-order valence-electron chi connectivity index (χ4n) is 3.23. The van der Waals surface area contributed by atoms with Crippen molar-refractivity contribution in [1.82, 2.24) is 9.78 Å². The van der Waals surface area contributed by atoms with E-state index in [9.17, 15) is 4.79 Å². The Balaban J connectivity index is 1.67. The lowest BCUT2D eigenvalue weighted by atomic mass is 10.1. The van der Waals surface area contributed by atoms with Crippen LogP contribution in [0.25, 0.3) is 0 Å². The zero-order chi connectivity index (χ0) is 18.8. The zero-order valence-corrected chi connectivity index (χ0v) is 16.1. The molecule has 1 aromatic heterocycles. The number of carbonyl (C=O) groups excluding carboxylic acids is 1. The van der Waals surface area contributed by atoms with Gasteiger partial charge in [0.05, 0.1) is 17.2 Å². The van der Waals surface area contributed by atoms with Gasteiger partial charge in [0.2, 0.25) is 5.91 Å². The number of hydrogen-bond acceptors (Lipinski definition) is 4. The number of aromatic nitrogens is 2. The van der Waals surface area contributed by atoms with Crippen molar-refractivity contribution in [3.05, 3.63) is 77.0 Å². The van der Waals surface area contributed by atoms with Crippen molar-refractivity contribution in [2.75, 3.05) is 11.1 Å². The van der Waals surface area contributed by atoms with Crippen LogP contribution in [0.5, 0.6) is 5.75 Å². The summed E-state index contributed by atoms with van der Waals surface area (Å²) in [5.41, 5.74) is 4.44. The summed E-state index contributed by atoms with van der Waals surface area (Å²) in [4.78, 5) is 12.1. The van der Waals surface area contributed by atoms with Gasteiger partial charge in [-0.2, -0.15) is 5.10 Å². The third-order valence-electron chi connectivity index (χ3n) is 4.73. The minimum Gasteiger partial charge on any atom is -0.489 e. The van der Waals surface area contributed by atoms with Gasteiger partial charge in [0.15, 0.2) is 0 Å². The lowest BCUT2D eigenvalue weighted by Gasteiger charge is -2.19. The van der Waals surface area contributed by atoms with Gasteiger partial charge in [-0.1, -0.05) is 42.5 Å². The first-order valence-electron chi connectivity index (χ1n) is 8.83. The quantitative estimate of drug-likeness (QED) is 0.742. The van der Waals surface area contributed by atoms with Crippen molar-refractivity contribution in [2.24, 2.45) is 7.05 Å². The maximum Gasteiger partial charge on any atom is 0.235 e. The number of nitrogens with zero attached hydrogens (tertiary/aromatic N) is 2. The standard InChI is InChI=1S/C21H21N3O2S/c1-14-7-3-4-8-15(14)12-26-18-10-6-5-9-16(18)20-17-11-22-24(2)21(17)23-19(25)13-27-20/h3-11,20H,12-13H2,1-2H3,(H,23,25). The molecule has 0 spiro atoms. The van der Waals surface area contributed by atoms with Gasteiger partial charge < -0.3 is 10.1 Å². The summed E-state index contributed by atoms with van der Waals surface area (Å²) < 4.78 is 7.91. The molecular formula is C21H21N3O2S. The van der Waals surface area contributed by atoms with Gasteiger partial charge >= 0.3 is 0 Å². The van der Waals surface area contributed by atoms with Gasteiger partial charge in [-0.25, -0.2) is 0 Å². The largest absolute Gasteiger partial charge is 0.489 e. The second-order valence-corrected chi connectivity index (χ2v) is 7.66. The Morgan fingerprint density at radius 1 is 1.19 bits per heavy atom. The Kier molecular flexibility index (Phi) is 4.90. The molecule has 0 aliphatic carbocycles. The number of fused-ring (bicyclic) bond motifs is 1. The molecule has 1 unspecified atom stereocenters. The predicted octanol–water partition coefficient (Wildman–Crippen LogP) is 4.08. The van der Waals surface area contributed by atoms with E-state index < -0.39 is 0 Å². The zero-order valence-electron chi connectivity index (χ0n) is 15.3. The van der Waals surface area contributed by atoms with Gasteiger partial charge in [-0.05, 0) is 24.1 Å². The number of hydrogen-bond donors (Lipinski definition) is 1. The Labute approximate surface area is 162 Å². The van der Waals surface area contributed by atoms with Crippen LogP contribution >= 0.6 is 11.8 Å². The van der Waals surface area contributed by atoms with E-state index in [1.807, 2.05) is 43.6 Å². The molecule has 0 fully saturated rings. The summed E-state index contributed by atoms with van der Waals surface area (Å²) in [5, 5.41) is 7.27. The van der Waals surface area contributed by atoms with E-state index >= 15 is 0 Å². The number of benzene rings is 2. The Bertz CT molecular complexity index is 983. The van der Waals surface area contributed by atoms with Crippen molar-refractivity contribution in [2.45, 2.75) is 18.8 Å². The van der Waals surface area contributed by atoms with Gasteiger partial charge in [-0.15, -0.1) is 11.8 Å². The first kappa shape index (κ1) is 17.7. The van der Waals surface area contributed by atoms with E-state index in [1.54, 1.807) is 16.4 Å². The van der Waals surface area contributed by atoms with Crippen molar-refractivity contribution < 1.29 is 9.53 Å². The fourth-order valence-corrected chi connectivity index (χ4v) is 4.35. The highest BCUT2D eigenvalue weighted by molar-refractivity contribution is 8.00. The SMILES string of the molecule is Cc1ccccc1COc1ccccc1C1SCC(=O)Nc2c1cnn2C. The van der Waals surface area contributed by atoms with Gasteiger partial charge in [0.25, 0.3) is 0 Å². The lowest BCUT2D eigenvalue weighted by molar-refractivity contribution is -0.113. The van der Waals surface area contributed by atoms with Gasteiger partial charge in [-0.3, -0.25) is 9.48 Å². The number of carbonyl (C=O) groups is 1. The van der Waals surface area contributed by atoms with E-state index in [0.29, 0.717) is 12.4 Å². The van der Waals surface area contributed by atoms with Gasteiger partial charge in [0.1, 0.15) is 18.2 Å². The highest BCUT2D eigenvalue weighted by atomic mass is 32.2. The molecule has 4 rings (SSSR count). The minimum atomic E-state index is -0.0132. The summed E-state index contributed by atoms with van der Waals surface area (Å²) in [6.45, 7) is 2.60. The molecule has 2 heterocycles. The van der Waals surface area contributed by atoms with Gasteiger partial charge in [0, 0.05) is 18.2 Å². The topological polar surface area (TPSA) is 56.1 Å². The van der Waals surface area contributed by atoms with E-state index in [0.717, 1.165) is 22.7 Å². The summed E-state index contributed by atoms with van der Waals surface area (Å²) in [7, 11) is 1.84. The molecule has 3 aromatic rings. The summed E-state index contributed by atoms with van der Waals surface area (Å²) in [6, 6.07) is 16.3. The lowest BCUT2D eigenvalue weighted by Crippen LogP contribution is -2.15. The van der Waals surface area contributed by atoms with E-state index in [2.05, 4.69) is 35.5 Å². The third kappa shape index (κ3) is 3.57. The highest BCUT2D eigenvalue weighted by Gasteiger charge is 2.28. The Hall–Kier alpha value is -2.73. The van der Waals surface area contributed by atoms with E-state index in [4.69, 9.17) is 4.74 Å². The molecule has 27 heavy (non-hydrogen) atoms. The Morgan fingerprint density at radius 2 is 1.96 bits per heavy atom. The van der Waals surface area contributed by atoms with Crippen LogP contribution in [0.4, 0.5) is 5.82 Å². The number of anilines is 1. The first-order chi connectivity index (χ1) is 13.1. The number of nitrogens with one attached hydrogen (secondary N) is 1. The fraction of sp³-hybridized carbons (Fsp3) is 0.238. The third-order valence-corrected chi connectivity index (χ3v) is 6.00. The van der Waals surface area contributed by atoms with Crippen molar-refractivity contribution in [1.29, 1.82) is 0 Å². The molecule has 1 amide bonds. The molecule has 0 saturated carbocycles. The molecule has 6 heteroatoms. The molecule has 1 N–H and O–H groups in total. The first-order valence-corrected chi connectivity index (χ1v) is 9.88. The van der Waals surface area contributed by atoms with Crippen LogP contribution in [0.1, 0.15) is 27.5 Å². The number of para-hydroxylation sites is 1. The van der Waals surface area contributed by atoms with Crippen molar-refractivity contribution in [3.8, 4) is 5.75 Å². The molecule has 0 bridgehead atoms. The van der Waals surface area contributed by atoms with E-state index in [1.165, 1.54) is 11.1 Å². The van der Waals surface area contributed by atoms with Crippen LogP contribution in [-0.2, 0) is 18.4 Å². The maximum atomic E-state index is 12.1. The molecule has 1 atom stereocenters. The number of thioether (sulfide) groups is 1. The molecule has 138 valence electrons. The van der Waals surface area contributed by atoms with Crippen LogP contribution < -0.4 is 10.1 Å². The molecular weight excluding hydrogens is 358 g/mol. The maximum absolute atomic E-state index is 12.1. The number of rotatable bonds is 4. The molecule has 2 aromatic carbocycles. The number of amides is 1. The molecule has 0 radical (unpaired) electrons. The van der Waals surface area contributed by atoms with Crippen molar-refractivity contribution in [3.63, 3.8) is 0 Å². The normalized spacial score (nSPS) is 16.4. The minimum absolute atomic E-state index is 0.00865. The van der Waals surface area contributed by atoms with Crippen LogP contribution in [-0.4, -0.2) is 21.4 Å². The van der Waals surface area contributed by atoms with Crippen LogP contribution in [0.15, 0.2) is 54.7 Å². The monoisotopic (exact) mass is 379 g/mol. The average Bonchev–Trinajstić information content (AvgIpc) is 2.93. The summed E-state index contributed by atoms with van der Waals surface area (Å²) in [5.74, 6) is 1.97. The number of aryl methyl sites for hydroxylation is 2. The second-order valence-electron chi connectivity index (χ2n) is 6.56. The summed E-state index contributed by atoms with van der Waals surface area (Å²) >= 11 is 1.59. The molecule has 1 aliphatic rings. The smallest absolute Gasteiger partial charge is 0.235 e. The molecule has 1 aliphatic heterocycles. The van der Waals surface area contributed by atoms with Crippen molar-refractivity contribution >= 4 is 23.5 Å². The summed E-state index contributed by atoms with van der Waals surface area (Å²) in [6.07, 6.45) is 1.83. The number of ether oxygens (including phenoxy) is 1. The predicted molar refractivity (Wildman–Crippen MR) is 108 cm³/mol.